The van der Waals surface area contributed by atoms with E-state index in [1.165, 1.54) is 10.4 Å². The lowest BCUT2D eigenvalue weighted by molar-refractivity contribution is -0.126. The van der Waals surface area contributed by atoms with Crippen molar-refractivity contribution in [2.24, 2.45) is 5.92 Å². The summed E-state index contributed by atoms with van der Waals surface area (Å²) in [4.78, 5) is 12.2. The second kappa shape index (κ2) is 9.19. The molecular weight excluding hydrogens is 387 g/mol. The van der Waals surface area contributed by atoms with Gasteiger partial charge in [-0.3, -0.25) is 4.79 Å². The first kappa shape index (κ1) is 20.5. The van der Waals surface area contributed by atoms with E-state index in [4.69, 9.17) is 27.9 Å². The molecule has 1 fully saturated rings. The number of sulfonamides is 1. The van der Waals surface area contributed by atoms with Gasteiger partial charge in [0.1, 0.15) is 0 Å². The minimum absolute atomic E-state index is 0.138. The van der Waals surface area contributed by atoms with Crippen molar-refractivity contribution in [3.63, 3.8) is 0 Å². The van der Waals surface area contributed by atoms with E-state index in [2.05, 4.69) is 5.32 Å². The van der Waals surface area contributed by atoms with Gasteiger partial charge in [0.25, 0.3) is 0 Å². The zero-order valence-electron chi connectivity index (χ0n) is 14.0. The zero-order chi connectivity index (χ0) is 18.4. The van der Waals surface area contributed by atoms with Crippen molar-refractivity contribution < 1.29 is 17.9 Å². The van der Waals surface area contributed by atoms with Gasteiger partial charge in [-0.15, -0.1) is 0 Å². The predicted molar refractivity (Wildman–Crippen MR) is 98.3 cm³/mol. The Morgan fingerprint density at radius 3 is 2.84 bits per heavy atom. The van der Waals surface area contributed by atoms with Gasteiger partial charge in [-0.25, -0.2) is 12.7 Å². The minimum atomic E-state index is -3.56. The number of benzene rings is 1. The van der Waals surface area contributed by atoms with Crippen LogP contribution in [0.5, 0.6) is 0 Å². The molecule has 1 amide bonds. The Labute approximate surface area is 158 Å². The number of hydrogen-bond acceptors (Lipinski definition) is 4. The molecule has 1 aliphatic heterocycles. The van der Waals surface area contributed by atoms with Gasteiger partial charge in [-0.05, 0) is 30.5 Å². The molecule has 1 N–H and O–H groups in total. The smallest absolute Gasteiger partial charge is 0.224 e. The topological polar surface area (TPSA) is 75.7 Å². The van der Waals surface area contributed by atoms with Crippen LogP contribution in [0.1, 0.15) is 18.4 Å². The van der Waals surface area contributed by atoms with Crippen LogP contribution in [-0.4, -0.2) is 52.0 Å². The largest absolute Gasteiger partial charge is 0.383 e. The van der Waals surface area contributed by atoms with Crippen molar-refractivity contribution >= 4 is 39.1 Å². The van der Waals surface area contributed by atoms with E-state index >= 15 is 0 Å². The van der Waals surface area contributed by atoms with Crippen molar-refractivity contribution in [3.8, 4) is 0 Å². The maximum atomic E-state index is 12.7. The fourth-order valence-corrected chi connectivity index (χ4v) is 4.95. The first-order chi connectivity index (χ1) is 11.8. The Morgan fingerprint density at radius 2 is 2.16 bits per heavy atom. The van der Waals surface area contributed by atoms with Crippen LogP contribution in [0.25, 0.3) is 0 Å². The number of piperidine rings is 1. The third-order valence-corrected chi connectivity index (χ3v) is 6.49. The number of nitrogens with one attached hydrogen (secondary N) is 1. The molecule has 0 radical (unpaired) electrons. The van der Waals surface area contributed by atoms with Crippen molar-refractivity contribution in [3.05, 3.63) is 33.8 Å². The summed E-state index contributed by atoms with van der Waals surface area (Å²) in [6.45, 7) is 1.44. The van der Waals surface area contributed by atoms with E-state index in [9.17, 15) is 13.2 Å². The van der Waals surface area contributed by atoms with Gasteiger partial charge in [0.05, 0.1) is 18.3 Å². The van der Waals surface area contributed by atoms with Crippen LogP contribution in [0, 0.1) is 5.92 Å². The van der Waals surface area contributed by atoms with Crippen LogP contribution in [0.2, 0.25) is 10.0 Å². The molecule has 2 rings (SSSR count). The summed E-state index contributed by atoms with van der Waals surface area (Å²) in [5.74, 6) is -0.691. The van der Waals surface area contributed by atoms with Crippen molar-refractivity contribution in [2.45, 2.75) is 18.6 Å². The number of amides is 1. The highest BCUT2D eigenvalue weighted by Crippen LogP contribution is 2.26. The van der Waals surface area contributed by atoms with Crippen molar-refractivity contribution in [2.75, 3.05) is 33.4 Å². The first-order valence-electron chi connectivity index (χ1n) is 8.02. The summed E-state index contributed by atoms with van der Waals surface area (Å²) < 4.78 is 31.7. The number of halogens is 2. The summed E-state index contributed by atoms with van der Waals surface area (Å²) in [6, 6.07) is 4.75. The molecule has 0 aromatic heterocycles. The van der Waals surface area contributed by atoms with Crippen LogP contribution >= 0.6 is 23.2 Å². The summed E-state index contributed by atoms with van der Waals surface area (Å²) in [5.41, 5.74) is 0.498. The van der Waals surface area contributed by atoms with Gasteiger partial charge in [0.2, 0.25) is 15.9 Å². The van der Waals surface area contributed by atoms with Crippen LogP contribution < -0.4 is 5.32 Å². The number of carbonyl (C=O) groups is 1. The molecule has 6 nitrogen and oxygen atoms in total. The molecule has 0 saturated carbocycles. The van der Waals surface area contributed by atoms with Crippen LogP contribution in [-0.2, 0) is 25.3 Å². The molecule has 1 aliphatic rings. The summed E-state index contributed by atoms with van der Waals surface area (Å²) in [6.07, 6.45) is 1.32. The summed E-state index contributed by atoms with van der Waals surface area (Å²) >= 11 is 11.9. The first-order valence-corrected chi connectivity index (χ1v) is 10.4. The highest BCUT2D eigenvalue weighted by Gasteiger charge is 2.32. The average Bonchev–Trinajstić information content (AvgIpc) is 2.57. The van der Waals surface area contributed by atoms with Crippen molar-refractivity contribution in [1.82, 2.24) is 9.62 Å². The number of nitrogens with zero attached hydrogens (tertiary/aromatic N) is 1. The van der Waals surface area contributed by atoms with E-state index < -0.39 is 10.0 Å². The Morgan fingerprint density at radius 1 is 1.40 bits per heavy atom. The average molecular weight is 409 g/mol. The van der Waals surface area contributed by atoms with Crippen LogP contribution in [0.15, 0.2) is 18.2 Å². The Hall–Kier alpha value is -0.860. The molecule has 9 heteroatoms. The number of methoxy groups -OCH3 is 1. The number of ether oxygens (including phenoxy) is 1. The molecule has 1 unspecified atom stereocenters. The fourth-order valence-electron chi connectivity index (χ4n) is 2.76. The molecule has 25 heavy (non-hydrogen) atoms. The van der Waals surface area contributed by atoms with E-state index in [0.717, 1.165) is 0 Å². The molecule has 1 aromatic rings. The Bertz CT molecular complexity index is 712. The van der Waals surface area contributed by atoms with Gasteiger partial charge in [-0.2, -0.15) is 0 Å². The molecule has 0 bridgehead atoms. The SMILES string of the molecule is COCCNC(=O)C1CCCN(S(=O)(=O)Cc2ccc(Cl)cc2Cl)C1. The highest BCUT2D eigenvalue weighted by molar-refractivity contribution is 7.88. The van der Waals surface area contributed by atoms with E-state index in [1.54, 1.807) is 19.2 Å². The van der Waals surface area contributed by atoms with Gasteiger partial charge in [0.15, 0.2) is 0 Å². The Balaban J connectivity index is 2.02. The number of hydrogen-bond donors (Lipinski definition) is 1. The number of rotatable bonds is 7. The predicted octanol–water partition coefficient (Wildman–Crippen LogP) is 2.30. The standard InChI is InChI=1S/C16H22Cl2N2O4S/c1-24-8-6-19-16(21)12-3-2-7-20(10-12)25(22,23)11-13-4-5-14(17)9-15(13)18/h4-5,9,12H,2-3,6-8,10-11H2,1H3,(H,19,21). The normalized spacial score (nSPS) is 18.9. The monoisotopic (exact) mass is 408 g/mol. The Kier molecular flexibility index (Phi) is 7.51. The summed E-state index contributed by atoms with van der Waals surface area (Å²) in [5, 5.41) is 3.55. The fraction of sp³-hybridized carbons (Fsp3) is 0.562. The lowest BCUT2D eigenvalue weighted by atomic mass is 9.99. The third kappa shape index (κ3) is 5.82. The molecule has 1 heterocycles. The lowest BCUT2D eigenvalue weighted by Gasteiger charge is -2.31. The second-order valence-corrected chi connectivity index (χ2v) is 8.79. The van der Waals surface area contributed by atoms with E-state index in [0.29, 0.717) is 48.1 Å². The summed E-state index contributed by atoms with van der Waals surface area (Å²) in [7, 11) is -2.00. The van der Waals surface area contributed by atoms with Crippen LogP contribution in [0.4, 0.5) is 0 Å². The third-order valence-electron chi connectivity index (χ3n) is 4.11. The zero-order valence-corrected chi connectivity index (χ0v) is 16.3. The molecule has 1 aromatic carbocycles. The van der Waals surface area contributed by atoms with Gasteiger partial charge >= 0.3 is 0 Å². The minimum Gasteiger partial charge on any atom is -0.383 e. The van der Waals surface area contributed by atoms with E-state index in [1.807, 2.05) is 0 Å². The lowest BCUT2D eigenvalue weighted by Crippen LogP contribution is -2.46. The second-order valence-electron chi connectivity index (χ2n) is 5.97. The highest BCUT2D eigenvalue weighted by atomic mass is 35.5. The maximum Gasteiger partial charge on any atom is 0.224 e. The van der Waals surface area contributed by atoms with E-state index in [-0.39, 0.29) is 24.1 Å². The molecule has 1 atom stereocenters. The molecule has 0 aliphatic carbocycles. The molecule has 1 saturated heterocycles. The maximum absolute atomic E-state index is 12.7. The van der Waals surface area contributed by atoms with Crippen molar-refractivity contribution in [1.29, 1.82) is 0 Å². The van der Waals surface area contributed by atoms with Gasteiger partial charge in [-0.1, -0.05) is 29.3 Å². The molecule has 0 spiro atoms. The number of carbonyl (C=O) groups excluding carboxylic acids is 1. The molecule has 140 valence electrons. The molecular formula is C16H22Cl2N2O4S. The van der Waals surface area contributed by atoms with Gasteiger partial charge < -0.3 is 10.1 Å². The quantitative estimate of drug-likeness (QED) is 0.702. The van der Waals surface area contributed by atoms with Gasteiger partial charge in [0, 0.05) is 36.8 Å². The van der Waals surface area contributed by atoms with Crippen LogP contribution in [0.3, 0.4) is 0 Å².